The Morgan fingerprint density at radius 3 is 2.50 bits per heavy atom. The number of carbonyl (C=O) groups is 2. The minimum absolute atomic E-state index is 0.158. The van der Waals surface area contributed by atoms with E-state index in [2.05, 4.69) is 0 Å². The number of ketones is 1. The van der Waals surface area contributed by atoms with Gasteiger partial charge in [0, 0.05) is 18.4 Å². The summed E-state index contributed by atoms with van der Waals surface area (Å²) < 4.78 is 10.5. The van der Waals surface area contributed by atoms with E-state index in [1.165, 1.54) is 0 Å². The van der Waals surface area contributed by atoms with E-state index in [-0.39, 0.29) is 18.2 Å². The van der Waals surface area contributed by atoms with Crippen LogP contribution in [0.5, 0.6) is 0 Å². The number of hydrogen-bond acceptors (Lipinski definition) is 4. The second kappa shape index (κ2) is 2.38. The Balaban J connectivity index is 1.85. The van der Waals surface area contributed by atoms with Crippen LogP contribution in [0.4, 0.5) is 0 Å². The van der Waals surface area contributed by atoms with Crippen molar-refractivity contribution >= 4 is 11.8 Å². The molecule has 1 unspecified atom stereocenters. The number of allylic oxidation sites excluding steroid dienone is 1. The maximum absolute atomic E-state index is 11.5. The number of ether oxygens (including phenoxy) is 2. The zero-order valence-corrected chi connectivity index (χ0v) is 7.67. The van der Waals surface area contributed by atoms with Crippen LogP contribution < -0.4 is 0 Å². The molecular weight excluding hydrogens is 184 g/mol. The van der Waals surface area contributed by atoms with E-state index in [9.17, 15) is 9.59 Å². The number of Topliss-reactive ketones (excluding diaryl/α,β-unsaturated/α-hetero) is 1. The molecule has 0 aromatic heterocycles. The third-order valence-electron chi connectivity index (χ3n) is 2.95. The molecule has 0 saturated carbocycles. The molecule has 0 radical (unpaired) electrons. The van der Waals surface area contributed by atoms with Gasteiger partial charge in [0.2, 0.25) is 0 Å². The smallest absolute Gasteiger partial charge is 0.317 e. The Labute approximate surface area is 80.9 Å². The molecule has 4 nitrogen and oxygen atoms in total. The summed E-state index contributed by atoms with van der Waals surface area (Å²) >= 11 is 0. The molecule has 0 aromatic carbocycles. The predicted octanol–water partition coefficient (Wildman–Crippen LogP) is 1.06. The van der Waals surface area contributed by atoms with Gasteiger partial charge < -0.3 is 9.47 Å². The molecule has 0 amide bonds. The highest BCUT2D eigenvalue weighted by molar-refractivity contribution is 5.97. The first kappa shape index (κ1) is 8.03. The van der Waals surface area contributed by atoms with Crippen molar-refractivity contribution in [2.45, 2.75) is 37.9 Å². The van der Waals surface area contributed by atoms with Crippen molar-refractivity contribution in [3.63, 3.8) is 0 Å². The summed E-state index contributed by atoms with van der Waals surface area (Å²) in [5.41, 5.74) is 0.753. The quantitative estimate of drug-likeness (QED) is 0.541. The fraction of sp³-hybridized carbons (Fsp3) is 0.600. The van der Waals surface area contributed by atoms with Crippen LogP contribution in [0.25, 0.3) is 0 Å². The van der Waals surface area contributed by atoms with Crippen LogP contribution >= 0.6 is 0 Å². The second-order valence-corrected chi connectivity index (χ2v) is 4.02. The van der Waals surface area contributed by atoms with Crippen molar-refractivity contribution in [1.29, 1.82) is 0 Å². The minimum atomic E-state index is -0.790. The van der Waals surface area contributed by atoms with Gasteiger partial charge in [0.25, 0.3) is 5.79 Å². The molecule has 74 valence electrons. The molecule has 0 N–H and O–H groups in total. The molecular formula is C10H10O4. The number of rotatable bonds is 0. The standard InChI is InChI=1S/C10H10O4/c11-7-2-1-3-8-6(7)4-10(13-8)5-9(12)14-10/h1-5H2. The summed E-state index contributed by atoms with van der Waals surface area (Å²) in [7, 11) is 0. The fourth-order valence-electron chi connectivity index (χ4n) is 2.28. The van der Waals surface area contributed by atoms with E-state index >= 15 is 0 Å². The first-order valence-electron chi connectivity index (χ1n) is 4.85. The lowest BCUT2D eigenvalue weighted by atomic mass is 9.92. The van der Waals surface area contributed by atoms with E-state index in [0.29, 0.717) is 12.8 Å². The SMILES string of the molecule is O=C1CC2(CC3=C(CCCC3=O)O2)O1. The van der Waals surface area contributed by atoms with E-state index in [4.69, 9.17) is 9.47 Å². The summed E-state index contributed by atoms with van der Waals surface area (Å²) in [5.74, 6) is -0.112. The first-order valence-corrected chi connectivity index (χ1v) is 4.85. The molecule has 2 aliphatic heterocycles. The average Bonchev–Trinajstić information content (AvgIpc) is 2.44. The van der Waals surface area contributed by atoms with Gasteiger partial charge in [-0.05, 0) is 6.42 Å². The molecule has 0 aromatic rings. The first-order chi connectivity index (χ1) is 6.69. The third-order valence-corrected chi connectivity index (χ3v) is 2.95. The highest BCUT2D eigenvalue weighted by atomic mass is 16.7. The van der Waals surface area contributed by atoms with Crippen molar-refractivity contribution in [3.8, 4) is 0 Å². The van der Waals surface area contributed by atoms with Gasteiger partial charge in [-0.3, -0.25) is 9.59 Å². The van der Waals surface area contributed by atoms with E-state index in [1.54, 1.807) is 0 Å². The van der Waals surface area contributed by atoms with E-state index < -0.39 is 5.79 Å². The Hall–Kier alpha value is -1.32. The monoisotopic (exact) mass is 194 g/mol. The van der Waals surface area contributed by atoms with Crippen molar-refractivity contribution in [3.05, 3.63) is 11.3 Å². The van der Waals surface area contributed by atoms with Crippen LogP contribution in [-0.4, -0.2) is 17.5 Å². The van der Waals surface area contributed by atoms with Gasteiger partial charge in [0.15, 0.2) is 5.78 Å². The predicted molar refractivity (Wildman–Crippen MR) is 45.0 cm³/mol. The summed E-state index contributed by atoms with van der Waals surface area (Å²) in [5, 5.41) is 0. The Bertz CT molecular complexity index is 358. The van der Waals surface area contributed by atoms with Gasteiger partial charge in [-0.15, -0.1) is 0 Å². The lowest BCUT2D eigenvalue weighted by Crippen LogP contribution is -2.47. The zero-order chi connectivity index (χ0) is 9.76. The van der Waals surface area contributed by atoms with Crippen LogP contribution in [-0.2, 0) is 19.1 Å². The Morgan fingerprint density at radius 1 is 1.07 bits per heavy atom. The van der Waals surface area contributed by atoms with Crippen LogP contribution in [0.3, 0.4) is 0 Å². The molecule has 3 rings (SSSR count). The van der Waals surface area contributed by atoms with Crippen molar-refractivity contribution in [2.75, 3.05) is 0 Å². The molecule has 0 bridgehead atoms. The maximum atomic E-state index is 11.5. The highest BCUT2D eigenvalue weighted by Crippen LogP contribution is 2.46. The summed E-state index contributed by atoms with van der Waals surface area (Å²) in [6.07, 6.45) is 3.01. The molecule has 1 aliphatic carbocycles. The van der Waals surface area contributed by atoms with Crippen molar-refractivity contribution in [1.82, 2.24) is 0 Å². The largest absolute Gasteiger partial charge is 0.455 e. The third kappa shape index (κ3) is 0.937. The second-order valence-electron chi connectivity index (χ2n) is 4.02. The highest BCUT2D eigenvalue weighted by Gasteiger charge is 2.54. The van der Waals surface area contributed by atoms with E-state index in [0.717, 1.165) is 24.2 Å². The summed E-state index contributed by atoms with van der Waals surface area (Å²) in [6, 6.07) is 0. The molecule has 1 saturated heterocycles. The molecule has 1 spiro atoms. The molecule has 3 aliphatic rings. The Kier molecular flexibility index (Phi) is 1.36. The van der Waals surface area contributed by atoms with Crippen molar-refractivity contribution in [2.24, 2.45) is 0 Å². The van der Waals surface area contributed by atoms with Crippen LogP contribution in [0.2, 0.25) is 0 Å². The maximum Gasteiger partial charge on any atom is 0.317 e. The van der Waals surface area contributed by atoms with Crippen LogP contribution in [0.1, 0.15) is 32.1 Å². The van der Waals surface area contributed by atoms with Gasteiger partial charge in [-0.1, -0.05) is 0 Å². The van der Waals surface area contributed by atoms with Gasteiger partial charge >= 0.3 is 5.97 Å². The summed E-state index contributed by atoms with van der Waals surface area (Å²) in [6.45, 7) is 0. The van der Waals surface area contributed by atoms with Crippen LogP contribution in [0, 0.1) is 0 Å². The molecule has 14 heavy (non-hydrogen) atoms. The van der Waals surface area contributed by atoms with Gasteiger partial charge in [-0.25, -0.2) is 0 Å². The summed E-state index contributed by atoms with van der Waals surface area (Å²) in [4.78, 5) is 22.2. The van der Waals surface area contributed by atoms with E-state index in [1.807, 2.05) is 0 Å². The number of carbonyl (C=O) groups excluding carboxylic acids is 2. The molecule has 4 heteroatoms. The molecule has 2 heterocycles. The average molecular weight is 194 g/mol. The van der Waals surface area contributed by atoms with Gasteiger partial charge in [0.1, 0.15) is 12.2 Å². The molecule has 1 fully saturated rings. The fourth-order valence-corrected chi connectivity index (χ4v) is 2.28. The zero-order valence-electron chi connectivity index (χ0n) is 7.67. The number of hydrogen-bond donors (Lipinski definition) is 0. The van der Waals surface area contributed by atoms with Crippen molar-refractivity contribution < 1.29 is 19.1 Å². The van der Waals surface area contributed by atoms with Crippen LogP contribution in [0.15, 0.2) is 11.3 Å². The van der Waals surface area contributed by atoms with Gasteiger partial charge in [-0.2, -0.15) is 0 Å². The normalized spacial score (nSPS) is 35.1. The molecule has 1 atom stereocenters. The lowest BCUT2D eigenvalue weighted by Gasteiger charge is -2.36. The minimum Gasteiger partial charge on any atom is -0.455 e. The Morgan fingerprint density at radius 2 is 1.86 bits per heavy atom. The number of esters is 1. The lowest BCUT2D eigenvalue weighted by molar-refractivity contribution is -0.256. The topological polar surface area (TPSA) is 52.6 Å². The van der Waals surface area contributed by atoms with Gasteiger partial charge in [0.05, 0.1) is 6.42 Å².